The zero-order valence-electron chi connectivity index (χ0n) is 19.0. The molecule has 0 aliphatic carbocycles. The topological polar surface area (TPSA) is 96.5 Å². The average molecular weight is 437 g/mol. The van der Waals surface area contributed by atoms with E-state index in [1.54, 1.807) is 0 Å². The minimum absolute atomic E-state index is 0.564. The molecule has 8 nitrogen and oxygen atoms in total. The fourth-order valence-corrected chi connectivity index (χ4v) is 3.25. The maximum Gasteiger partial charge on any atom is 0.191 e. The van der Waals surface area contributed by atoms with Gasteiger partial charge in [0.25, 0.3) is 0 Å². The molecular formula is C24H32N6O2. The van der Waals surface area contributed by atoms with Gasteiger partial charge in [0.05, 0.1) is 19.8 Å². The molecule has 3 aromatic rings. The number of ether oxygens (including phenoxy) is 2. The summed E-state index contributed by atoms with van der Waals surface area (Å²) in [5, 5.41) is 13.5. The zero-order valence-corrected chi connectivity index (χ0v) is 19.0. The number of hydrogen-bond donors (Lipinski definition) is 3. The van der Waals surface area contributed by atoms with Crippen LogP contribution in [0.15, 0.2) is 53.8 Å². The van der Waals surface area contributed by atoms with E-state index < -0.39 is 0 Å². The van der Waals surface area contributed by atoms with Gasteiger partial charge in [-0.2, -0.15) is 5.10 Å². The molecule has 0 unspecified atom stereocenters. The van der Waals surface area contributed by atoms with Gasteiger partial charge in [-0.05, 0) is 56.5 Å². The van der Waals surface area contributed by atoms with E-state index in [9.17, 15) is 0 Å². The Hall–Kier alpha value is -3.55. The summed E-state index contributed by atoms with van der Waals surface area (Å²) >= 11 is 0. The molecule has 0 radical (unpaired) electrons. The van der Waals surface area contributed by atoms with Gasteiger partial charge in [-0.1, -0.05) is 24.3 Å². The fraction of sp³-hybridized carbons (Fsp3) is 0.375. The van der Waals surface area contributed by atoms with E-state index in [0.29, 0.717) is 19.8 Å². The second-order valence-corrected chi connectivity index (χ2v) is 7.05. The van der Waals surface area contributed by atoms with E-state index in [4.69, 9.17) is 14.5 Å². The molecule has 32 heavy (non-hydrogen) atoms. The molecule has 0 bridgehead atoms. The van der Waals surface area contributed by atoms with Crippen molar-refractivity contribution in [1.29, 1.82) is 0 Å². The first kappa shape index (κ1) is 23.1. The van der Waals surface area contributed by atoms with E-state index in [1.807, 2.05) is 32.0 Å². The molecule has 170 valence electrons. The van der Waals surface area contributed by atoms with E-state index in [-0.39, 0.29) is 0 Å². The van der Waals surface area contributed by atoms with Crippen LogP contribution < -0.4 is 20.1 Å². The Morgan fingerprint density at radius 2 is 1.81 bits per heavy atom. The molecule has 3 rings (SSSR count). The van der Waals surface area contributed by atoms with Crippen LogP contribution in [0.4, 0.5) is 0 Å². The van der Waals surface area contributed by atoms with Crippen molar-refractivity contribution in [2.45, 2.75) is 33.7 Å². The molecule has 0 aliphatic rings. The van der Waals surface area contributed by atoms with Crippen LogP contribution in [0, 0.1) is 0 Å². The standard InChI is InChI=1S/C24H32N6O2/c1-4-25-24(27-16-19-8-7-9-20(14-19)23-28-17-29-30-23)26-13-12-18-10-11-21(31-5-2)22(15-18)32-6-3/h7-11,14-15,17H,4-6,12-13,16H2,1-3H3,(H2,25,26,27)(H,28,29,30). The maximum atomic E-state index is 5.73. The third-order valence-electron chi connectivity index (χ3n) is 4.69. The molecule has 0 amide bonds. The number of aromatic amines is 1. The van der Waals surface area contributed by atoms with Crippen molar-refractivity contribution < 1.29 is 9.47 Å². The molecule has 0 fully saturated rings. The van der Waals surface area contributed by atoms with Crippen LogP contribution in [0.5, 0.6) is 11.5 Å². The van der Waals surface area contributed by atoms with Gasteiger partial charge in [0.1, 0.15) is 6.33 Å². The van der Waals surface area contributed by atoms with Gasteiger partial charge in [0, 0.05) is 18.7 Å². The van der Waals surface area contributed by atoms with Gasteiger partial charge < -0.3 is 20.1 Å². The van der Waals surface area contributed by atoms with Crippen molar-refractivity contribution >= 4 is 5.96 Å². The summed E-state index contributed by atoms with van der Waals surface area (Å²) in [6, 6.07) is 14.2. The van der Waals surface area contributed by atoms with Gasteiger partial charge in [0.15, 0.2) is 23.3 Å². The summed E-state index contributed by atoms with van der Waals surface area (Å²) in [4.78, 5) is 8.94. The second-order valence-electron chi connectivity index (χ2n) is 7.05. The number of aliphatic imine (C=N–C) groups is 1. The Kier molecular flexibility index (Phi) is 8.92. The zero-order chi connectivity index (χ0) is 22.6. The number of aromatic nitrogens is 3. The van der Waals surface area contributed by atoms with Crippen molar-refractivity contribution in [3.63, 3.8) is 0 Å². The minimum atomic E-state index is 0.564. The van der Waals surface area contributed by atoms with Crippen LogP contribution in [0.2, 0.25) is 0 Å². The predicted octanol–water partition coefficient (Wildman–Crippen LogP) is 3.57. The van der Waals surface area contributed by atoms with E-state index in [1.165, 1.54) is 11.9 Å². The van der Waals surface area contributed by atoms with E-state index >= 15 is 0 Å². The summed E-state index contributed by atoms with van der Waals surface area (Å²) < 4.78 is 11.4. The molecule has 0 aliphatic heterocycles. The Labute approximate surface area is 189 Å². The molecule has 0 saturated heterocycles. The molecule has 0 atom stereocenters. The summed E-state index contributed by atoms with van der Waals surface area (Å²) in [7, 11) is 0. The van der Waals surface area contributed by atoms with Crippen molar-refractivity contribution in [2.24, 2.45) is 4.99 Å². The highest BCUT2D eigenvalue weighted by molar-refractivity contribution is 5.79. The van der Waals surface area contributed by atoms with Crippen molar-refractivity contribution in [1.82, 2.24) is 25.8 Å². The third-order valence-corrected chi connectivity index (χ3v) is 4.69. The highest BCUT2D eigenvalue weighted by Crippen LogP contribution is 2.28. The van der Waals surface area contributed by atoms with E-state index in [0.717, 1.165) is 53.9 Å². The normalized spacial score (nSPS) is 11.3. The van der Waals surface area contributed by atoms with Gasteiger partial charge in [0.2, 0.25) is 0 Å². The van der Waals surface area contributed by atoms with Crippen LogP contribution in [-0.4, -0.2) is 47.4 Å². The molecule has 1 aromatic heterocycles. The maximum absolute atomic E-state index is 5.73. The Balaban J connectivity index is 1.59. The number of nitrogens with zero attached hydrogens (tertiary/aromatic N) is 3. The number of guanidine groups is 1. The number of benzene rings is 2. The van der Waals surface area contributed by atoms with Crippen LogP contribution in [0.1, 0.15) is 31.9 Å². The quantitative estimate of drug-likeness (QED) is 0.314. The number of nitrogens with one attached hydrogen (secondary N) is 3. The first-order valence-electron chi connectivity index (χ1n) is 11.1. The Morgan fingerprint density at radius 1 is 0.969 bits per heavy atom. The predicted molar refractivity (Wildman–Crippen MR) is 127 cm³/mol. The molecule has 0 spiro atoms. The second kappa shape index (κ2) is 12.3. The smallest absolute Gasteiger partial charge is 0.191 e. The highest BCUT2D eigenvalue weighted by atomic mass is 16.5. The van der Waals surface area contributed by atoms with Crippen LogP contribution in [-0.2, 0) is 13.0 Å². The molecule has 1 heterocycles. The molecule has 0 saturated carbocycles. The first-order valence-corrected chi connectivity index (χ1v) is 11.1. The largest absolute Gasteiger partial charge is 0.490 e. The van der Waals surface area contributed by atoms with Crippen molar-refractivity contribution in [2.75, 3.05) is 26.3 Å². The van der Waals surface area contributed by atoms with Gasteiger partial charge >= 0.3 is 0 Å². The number of H-pyrrole nitrogens is 1. The SMILES string of the molecule is CCNC(=NCc1cccc(-c2ncn[nH]2)c1)NCCc1ccc(OCC)c(OCC)c1. The molecular weight excluding hydrogens is 404 g/mol. The molecule has 8 heteroatoms. The summed E-state index contributed by atoms with van der Waals surface area (Å²) in [6.07, 6.45) is 2.35. The average Bonchev–Trinajstić information content (AvgIpc) is 3.35. The lowest BCUT2D eigenvalue weighted by Crippen LogP contribution is -2.38. The lowest BCUT2D eigenvalue weighted by molar-refractivity contribution is 0.287. The first-order chi connectivity index (χ1) is 15.7. The van der Waals surface area contributed by atoms with Gasteiger partial charge in [-0.3, -0.25) is 5.10 Å². The summed E-state index contributed by atoms with van der Waals surface area (Å²) in [5.74, 6) is 3.11. The summed E-state index contributed by atoms with van der Waals surface area (Å²) in [6.45, 7) is 9.34. The molecule has 2 aromatic carbocycles. The van der Waals surface area contributed by atoms with Crippen molar-refractivity contribution in [3.8, 4) is 22.9 Å². The fourth-order valence-electron chi connectivity index (χ4n) is 3.25. The Bertz CT molecular complexity index is 988. The van der Waals surface area contributed by atoms with Crippen LogP contribution in [0.25, 0.3) is 11.4 Å². The van der Waals surface area contributed by atoms with Crippen molar-refractivity contribution in [3.05, 3.63) is 59.9 Å². The third kappa shape index (κ3) is 6.73. The lowest BCUT2D eigenvalue weighted by atomic mass is 10.1. The van der Waals surface area contributed by atoms with Crippen LogP contribution in [0.3, 0.4) is 0 Å². The summed E-state index contributed by atoms with van der Waals surface area (Å²) in [5.41, 5.74) is 3.28. The number of rotatable bonds is 11. The number of hydrogen-bond acceptors (Lipinski definition) is 5. The Morgan fingerprint density at radius 3 is 2.56 bits per heavy atom. The monoisotopic (exact) mass is 436 g/mol. The van der Waals surface area contributed by atoms with Gasteiger partial charge in [-0.15, -0.1) is 0 Å². The minimum Gasteiger partial charge on any atom is -0.490 e. The van der Waals surface area contributed by atoms with Gasteiger partial charge in [-0.25, -0.2) is 9.98 Å². The van der Waals surface area contributed by atoms with Crippen LogP contribution >= 0.6 is 0 Å². The highest BCUT2D eigenvalue weighted by Gasteiger charge is 2.07. The van der Waals surface area contributed by atoms with E-state index in [2.05, 4.69) is 57.0 Å². The lowest BCUT2D eigenvalue weighted by Gasteiger charge is -2.14. The molecule has 3 N–H and O–H groups in total.